The summed E-state index contributed by atoms with van der Waals surface area (Å²) in [5.41, 5.74) is 0.986. The van der Waals surface area contributed by atoms with Gasteiger partial charge < -0.3 is 14.8 Å². The van der Waals surface area contributed by atoms with Crippen LogP contribution in [0, 0.1) is 11.3 Å². The Balaban J connectivity index is 1.37. The van der Waals surface area contributed by atoms with E-state index >= 15 is 0 Å². The summed E-state index contributed by atoms with van der Waals surface area (Å²) in [5, 5.41) is 9.43. The molecular weight excluding hydrogens is 380 g/mol. The summed E-state index contributed by atoms with van der Waals surface area (Å²) >= 11 is 0. The minimum Gasteiger partial charge on any atom is -0.353 e. The number of nitrogens with one attached hydrogen (secondary N) is 1. The molecule has 0 radical (unpaired) electrons. The molecule has 152 valence electrons. The Kier molecular flexibility index (Phi) is 5.44. The number of hydrogen-bond donors (Lipinski definition) is 1. The molecule has 3 heterocycles. The Hall–Kier alpha value is -3.73. The van der Waals surface area contributed by atoms with E-state index in [4.69, 9.17) is 5.26 Å². The number of nitrogens with zero attached hydrogens (tertiary/aromatic N) is 5. The average molecular weight is 402 g/mol. The minimum absolute atomic E-state index is 0.0470. The summed E-state index contributed by atoms with van der Waals surface area (Å²) in [7, 11) is 0. The smallest absolute Gasteiger partial charge is 0.258 e. The van der Waals surface area contributed by atoms with Gasteiger partial charge in [0.2, 0.25) is 5.91 Å². The number of piperazine rings is 1. The van der Waals surface area contributed by atoms with Crippen LogP contribution in [-0.2, 0) is 4.79 Å². The second-order valence-corrected chi connectivity index (χ2v) is 7.46. The van der Waals surface area contributed by atoms with E-state index in [2.05, 4.69) is 25.9 Å². The number of fused-ring (bicyclic) bond motifs is 1. The van der Waals surface area contributed by atoms with Gasteiger partial charge in [0.25, 0.3) is 5.56 Å². The number of benzene rings is 1. The number of hydrogen-bond acceptors (Lipinski definition) is 6. The molecule has 1 fully saturated rings. The van der Waals surface area contributed by atoms with Crippen molar-refractivity contribution in [3.63, 3.8) is 0 Å². The van der Waals surface area contributed by atoms with Crippen molar-refractivity contribution in [3.8, 4) is 6.07 Å². The third kappa shape index (κ3) is 4.01. The first kappa shape index (κ1) is 19.6. The number of H-pyrrole nitrogens is 1. The number of aromatic amines is 1. The highest BCUT2D eigenvalue weighted by Gasteiger charge is 2.24. The molecule has 8 nitrogen and oxygen atoms in total. The van der Waals surface area contributed by atoms with E-state index in [1.165, 1.54) is 0 Å². The van der Waals surface area contributed by atoms with Crippen LogP contribution in [-0.4, -0.2) is 51.9 Å². The largest absolute Gasteiger partial charge is 0.353 e. The fourth-order valence-electron chi connectivity index (χ4n) is 3.65. The van der Waals surface area contributed by atoms with Gasteiger partial charge in [-0.1, -0.05) is 19.1 Å². The molecular formula is C22H22N6O2. The van der Waals surface area contributed by atoms with Crippen molar-refractivity contribution in [2.45, 2.75) is 19.3 Å². The maximum absolute atomic E-state index is 12.8. The second-order valence-electron chi connectivity index (χ2n) is 7.46. The van der Waals surface area contributed by atoms with Crippen LogP contribution in [0.2, 0.25) is 0 Å². The van der Waals surface area contributed by atoms with Gasteiger partial charge in [-0.25, -0.2) is 9.97 Å². The SMILES string of the molecule is C[C@@H](CC(=O)N1CCN(c2ccc(C#N)cn2)CC1)c1nc2ccccc2c(=O)[nH]1. The summed E-state index contributed by atoms with van der Waals surface area (Å²) in [6.07, 6.45) is 1.85. The minimum atomic E-state index is -0.187. The van der Waals surface area contributed by atoms with Gasteiger partial charge in [0.15, 0.2) is 0 Å². The quantitative estimate of drug-likeness (QED) is 0.716. The molecule has 1 atom stereocenters. The fraction of sp³-hybridized carbons (Fsp3) is 0.318. The first-order valence-electron chi connectivity index (χ1n) is 9.93. The van der Waals surface area contributed by atoms with Gasteiger partial charge in [-0.05, 0) is 24.3 Å². The molecule has 1 aromatic carbocycles. The topological polar surface area (TPSA) is 106 Å². The molecule has 1 amide bonds. The first-order valence-corrected chi connectivity index (χ1v) is 9.93. The number of carbonyl (C=O) groups excluding carboxylic acids is 1. The van der Waals surface area contributed by atoms with E-state index in [1.807, 2.05) is 24.0 Å². The second kappa shape index (κ2) is 8.33. The molecule has 0 bridgehead atoms. The maximum Gasteiger partial charge on any atom is 0.258 e. The highest BCUT2D eigenvalue weighted by molar-refractivity contribution is 5.78. The number of aromatic nitrogens is 3. The van der Waals surface area contributed by atoms with E-state index < -0.39 is 0 Å². The van der Waals surface area contributed by atoms with Crippen molar-refractivity contribution in [2.75, 3.05) is 31.1 Å². The van der Waals surface area contributed by atoms with Crippen molar-refractivity contribution in [1.82, 2.24) is 19.9 Å². The molecule has 0 unspecified atom stereocenters. The zero-order valence-electron chi connectivity index (χ0n) is 16.7. The third-order valence-electron chi connectivity index (χ3n) is 5.41. The zero-order valence-corrected chi connectivity index (χ0v) is 16.7. The van der Waals surface area contributed by atoms with Gasteiger partial charge >= 0.3 is 0 Å². The first-order chi connectivity index (χ1) is 14.5. The van der Waals surface area contributed by atoms with Crippen LogP contribution in [0.3, 0.4) is 0 Å². The van der Waals surface area contributed by atoms with E-state index in [-0.39, 0.29) is 23.8 Å². The highest BCUT2D eigenvalue weighted by Crippen LogP contribution is 2.19. The predicted molar refractivity (Wildman–Crippen MR) is 113 cm³/mol. The Morgan fingerprint density at radius 3 is 2.67 bits per heavy atom. The molecule has 30 heavy (non-hydrogen) atoms. The third-order valence-corrected chi connectivity index (χ3v) is 5.41. The van der Waals surface area contributed by atoms with Gasteiger partial charge in [-0.2, -0.15) is 5.26 Å². The molecule has 2 aromatic heterocycles. The molecule has 0 aliphatic carbocycles. The van der Waals surface area contributed by atoms with Crippen LogP contribution in [0.25, 0.3) is 10.9 Å². The number of nitriles is 1. The summed E-state index contributed by atoms with van der Waals surface area (Å²) in [6, 6.07) is 12.8. The summed E-state index contributed by atoms with van der Waals surface area (Å²) in [6.45, 7) is 4.49. The van der Waals surface area contributed by atoms with E-state index in [0.717, 1.165) is 5.82 Å². The van der Waals surface area contributed by atoms with Crippen LogP contribution in [0.4, 0.5) is 5.82 Å². The van der Waals surface area contributed by atoms with Gasteiger partial charge in [-0.15, -0.1) is 0 Å². The molecule has 0 spiro atoms. The number of para-hydroxylation sites is 1. The maximum atomic E-state index is 12.8. The van der Waals surface area contributed by atoms with E-state index in [9.17, 15) is 9.59 Å². The number of pyridine rings is 1. The van der Waals surface area contributed by atoms with E-state index in [0.29, 0.717) is 48.5 Å². The molecule has 1 saturated heterocycles. The molecule has 1 aliphatic heterocycles. The molecule has 4 rings (SSSR count). The van der Waals surface area contributed by atoms with Crippen LogP contribution >= 0.6 is 0 Å². The Bertz CT molecular complexity index is 1160. The van der Waals surface area contributed by atoms with Crippen molar-refractivity contribution in [1.29, 1.82) is 5.26 Å². The van der Waals surface area contributed by atoms with Crippen LogP contribution < -0.4 is 10.5 Å². The molecule has 3 aromatic rings. The molecule has 1 aliphatic rings. The Morgan fingerprint density at radius 1 is 1.20 bits per heavy atom. The van der Waals surface area contributed by atoms with Gasteiger partial charge in [0.1, 0.15) is 17.7 Å². The lowest BCUT2D eigenvalue weighted by Gasteiger charge is -2.35. The number of carbonyl (C=O) groups is 1. The molecule has 0 saturated carbocycles. The van der Waals surface area contributed by atoms with Gasteiger partial charge in [-0.3, -0.25) is 9.59 Å². The Labute approximate surface area is 173 Å². The van der Waals surface area contributed by atoms with Gasteiger partial charge in [0, 0.05) is 44.7 Å². The van der Waals surface area contributed by atoms with Crippen molar-refractivity contribution >= 4 is 22.6 Å². The Morgan fingerprint density at radius 2 is 1.97 bits per heavy atom. The zero-order chi connectivity index (χ0) is 21.1. The van der Waals surface area contributed by atoms with Gasteiger partial charge in [0.05, 0.1) is 16.5 Å². The van der Waals surface area contributed by atoms with Crippen molar-refractivity contribution < 1.29 is 4.79 Å². The number of anilines is 1. The van der Waals surface area contributed by atoms with Crippen LogP contribution in [0.5, 0.6) is 0 Å². The lowest BCUT2D eigenvalue weighted by Crippen LogP contribution is -2.49. The van der Waals surface area contributed by atoms with Crippen LogP contribution in [0.15, 0.2) is 47.4 Å². The lowest BCUT2D eigenvalue weighted by atomic mass is 10.1. The summed E-state index contributed by atoms with van der Waals surface area (Å²) in [5.74, 6) is 1.21. The monoisotopic (exact) mass is 402 g/mol. The number of amides is 1. The molecule has 1 N–H and O–H groups in total. The van der Waals surface area contributed by atoms with E-state index in [1.54, 1.807) is 30.5 Å². The van der Waals surface area contributed by atoms with Crippen LogP contribution in [0.1, 0.15) is 30.7 Å². The van der Waals surface area contributed by atoms with Crippen molar-refractivity contribution in [2.24, 2.45) is 0 Å². The highest BCUT2D eigenvalue weighted by atomic mass is 16.2. The number of rotatable bonds is 4. The molecule has 8 heteroatoms. The average Bonchev–Trinajstić information content (AvgIpc) is 2.79. The standard InChI is InChI=1S/C22H22N6O2/c1-15(21-25-18-5-3-2-4-17(18)22(30)26-21)12-20(29)28-10-8-27(9-11-28)19-7-6-16(13-23)14-24-19/h2-7,14-15H,8-12H2,1H3,(H,25,26,30)/t15-/m0/s1. The fourth-order valence-corrected chi connectivity index (χ4v) is 3.65. The predicted octanol–water partition coefficient (Wildman–Crippen LogP) is 2.03. The lowest BCUT2D eigenvalue weighted by molar-refractivity contribution is -0.131. The summed E-state index contributed by atoms with van der Waals surface area (Å²) in [4.78, 5) is 40.7. The van der Waals surface area contributed by atoms with Crippen molar-refractivity contribution in [3.05, 3.63) is 64.3 Å². The normalized spacial score (nSPS) is 15.1. The summed E-state index contributed by atoms with van der Waals surface area (Å²) < 4.78 is 0.